The van der Waals surface area contributed by atoms with Crippen molar-refractivity contribution in [2.75, 3.05) is 13.1 Å². The Morgan fingerprint density at radius 2 is 1.70 bits per heavy atom. The zero-order valence-electron chi connectivity index (χ0n) is 14.0. The van der Waals surface area contributed by atoms with Gasteiger partial charge in [0.2, 0.25) is 5.91 Å². The van der Waals surface area contributed by atoms with Crippen LogP contribution in [0.2, 0.25) is 0 Å². The van der Waals surface area contributed by atoms with Crippen LogP contribution >= 0.6 is 0 Å². The minimum atomic E-state index is -0.176. The molecule has 1 atom stereocenters. The molecule has 23 heavy (non-hydrogen) atoms. The summed E-state index contributed by atoms with van der Waals surface area (Å²) in [5.74, 6) is -0.0884. The third-order valence-corrected chi connectivity index (χ3v) is 4.81. The first kappa shape index (κ1) is 17.3. The molecule has 126 valence electrons. The zero-order valence-corrected chi connectivity index (χ0v) is 14.0. The molecule has 0 unspecified atom stereocenters. The van der Waals surface area contributed by atoms with Crippen molar-refractivity contribution in [2.45, 2.75) is 51.0 Å². The van der Waals surface area contributed by atoms with Gasteiger partial charge in [-0.3, -0.25) is 4.79 Å². The predicted molar refractivity (Wildman–Crippen MR) is 91.3 cm³/mol. The van der Waals surface area contributed by atoms with E-state index < -0.39 is 0 Å². The Kier molecular flexibility index (Phi) is 6.02. The topological polar surface area (TPSA) is 70.2 Å². The summed E-state index contributed by atoms with van der Waals surface area (Å²) in [6, 6.07) is 10.4. The third-order valence-electron chi connectivity index (χ3n) is 4.81. The fraction of sp³-hybridized carbons (Fsp3) is 0.556. The molecule has 5 nitrogen and oxygen atoms in total. The van der Waals surface area contributed by atoms with Crippen LogP contribution in [0.15, 0.2) is 30.3 Å². The number of benzene rings is 1. The minimum absolute atomic E-state index is 0.0240. The average Bonchev–Trinajstić information content (AvgIpc) is 3.03. The van der Waals surface area contributed by atoms with Gasteiger partial charge in [-0.2, -0.15) is 0 Å². The Bertz CT molecular complexity index is 524. The molecule has 0 heterocycles. The normalized spacial score (nSPS) is 17.3. The fourth-order valence-corrected chi connectivity index (χ4v) is 3.55. The van der Waals surface area contributed by atoms with Crippen molar-refractivity contribution in [3.8, 4) is 0 Å². The Balaban J connectivity index is 1.93. The molecule has 0 spiro atoms. The van der Waals surface area contributed by atoms with Crippen molar-refractivity contribution in [1.29, 1.82) is 0 Å². The van der Waals surface area contributed by atoms with Crippen molar-refractivity contribution < 1.29 is 9.59 Å². The molecule has 1 aromatic carbocycles. The monoisotopic (exact) mass is 317 g/mol. The average molecular weight is 317 g/mol. The lowest BCUT2D eigenvalue weighted by Gasteiger charge is -2.36. The van der Waals surface area contributed by atoms with Crippen molar-refractivity contribution in [1.82, 2.24) is 16.0 Å². The van der Waals surface area contributed by atoms with E-state index in [1.807, 2.05) is 6.07 Å². The SMILES string of the molecule is CC(=O)NCCNC(=O)N[C@@H](C)C1(c2ccccc2)CCCC1. The van der Waals surface area contributed by atoms with Crippen molar-refractivity contribution in [2.24, 2.45) is 0 Å². The van der Waals surface area contributed by atoms with Gasteiger partial charge in [-0.1, -0.05) is 43.2 Å². The quantitative estimate of drug-likeness (QED) is 0.705. The zero-order chi connectivity index (χ0) is 16.7. The molecule has 1 aromatic rings. The van der Waals surface area contributed by atoms with Crippen LogP contribution in [0.25, 0.3) is 0 Å². The van der Waals surface area contributed by atoms with E-state index in [2.05, 4.69) is 47.1 Å². The van der Waals surface area contributed by atoms with E-state index in [0.717, 1.165) is 12.8 Å². The maximum Gasteiger partial charge on any atom is 0.315 e. The highest BCUT2D eigenvalue weighted by Gasteiger charge is 2.41. The van der Waals surface area contributed by atoms with E-state index in [9.17, 15) is 9.59 Å². The lowest BCUT2D eigenvalue weighted by molar-refractivity contribution is -0.118. The first-order valence-electron chi connectivity index (χ1n) is 8.39. The van der Waals surface area contributed by atoms with Gasteiger partial charge in [0.15, 0.2) is 0 Å². The number of carbonyl (C=O) groups is 2. The summed E-state index contributed by atoms with van der Waals surface area (Å²) >= 11 is 0. The molecule has 0 aliphatic heterocycles. The van der Waals surface area contributed by atoms with Gasteiger partial charge in [0.05, 0.1) is 0 Å². The highest BCUT2D eigenvalue weighted by molar-refractivity contribution is 5.75. The van der Waals surface area contributed by atoms with Crippen LogP contribution in [-0.4, -0.2) is 31.1 Å². The molecule has 0 aromatic heterocycles. The van der Waals surface area contributed by atoms with E-state index in [0.29, 0.717) is 13.1 Å². The molecule has 0 saturated heterocycles. The van der Waals surface area contributed by atoms with Gasteiger partial charge in [0.25, 0.3) is 0 Å². The Morgan fingerprint density at radius 3 is 2.30 bits per heavy atom. The summed E-state index contributed by atoms with van der Waals surface area (Å²) in [6.45, 7) is 4.43. The first-order chi connectivity index (χ1) is 11.0. The standard InChI is InChI=1S/C18H27N3O2/c1-14(21-17(23)20-13-12-19-15(2)22)18(10-6-7-11-18)16-8-4-3-5-9-16/h3-5,8-9,14H,6-7,10-13H2,1-2H3,(H,19,22)(H2,20,21,23)/t14-/m0/s1. The number of nitrogens with one attached hydrogen (secondary N) is 3. The Morgan fingerprint density at radius 1 is 1.09 bits per heavy atom. The van der Waals surface area contributed by atoms with E-state index in [-0.39, 0.29) is 23.4 Å². The number of urea groups is 1. The number of rotatable bonds is 6. The van der Waals surface area contributed by atoms with Crippen molar-refractivity contribution in [3.05, 3.63) is 35.9 Å². The van der Waals surface area contributed by atoms with Gasteiger partial charge in [-0.25, -0.2) is 4.79 Å². The highest BCUT2D eigenvalue weighted by Crippen LogP contribution is 2.43. The summed E-state index contributed by atoms with van der Waals surface area (Å²) in [5, 5.41) is 8.54. The van der Waals surface area contributed by atoms with Gasteiger partial charge in [0, 0.05) is 31.5 Å². The second-order valence-electron chi connectivity index (χ2n) is 6.33. The van der Waals surface area contributed by atoms with Crippen LogP contribution in [0.5, 0.6) is 0 Å². The first-order valence-corrected chi connectivity index (χ1v) is 8.39. The van der Waals surface area contributed by atoms with Gasteiger partial charge in [-0.05, 0) is 25.3 Å². The maximum absolute atomic E-state index is 12.1. The maximum atomic E-state index is 12.1. The van der Waals surface area contributed by atoms with E-state index in [1.165, 1.54) is 25.3 Å². The third kappa shape index (κ3) is 4.47. The second kappa shape index (κ2) is 7.99. The molecule has 0 bridgehead atoms. The summed E-state index contributed by atoms with van der Waals surface area (Å²) in [6.07, 6.45) is 4.60. The number of amides is 3. The van der Waals surface area contributed by atoms with Gasteiger partial charge < -0.3 is 16.0 Å². The molecule has 5 heteroatoms. The highest BCUT2D eigenvalue weighted by atomic mass is 16.2. The largest absolute Gasteiger partial charge is 0.355 e. The number of hydrogen-bond acceptors (Lipinski definition) is 2. The second-order valence-corrected chi connectivity index (χ2v) is 6.33. The van der Waals surface area contributed by atoms with E-state index in [1.54, 1.807) is 0 Å². The van der Waals surface area contributed by atoms with Crippen LogP contribution in [-0.2, 0) is 10.2 Å². The minimum Gasteiger partial charge on any atom is -0.355 e. The molecule has 3 N–H and O–H groups in total. The molecule has 1 saturated carbocycles. The molecular formula is C18H27N3O2. The van der Waals surface area contributed by atoms with Gasteiger partial charge in [-0.15, -0.1) is 0 Å². The molecule has 1 fully saturated rings. The summed E-state index contributed by atoms with van der Waals surface area (Å²) in [7, 11) is 0. The van der Waals surface area contributed by atoms with E-state index in [4.69, 9.17) is 0 Å². The van der Waals surface area contributed by atoms with Crippen molar-refractivity contribution >= 4 is 11.9 Å². The molecular weight excluding hydrogens is 290 g/mol. The Labute approximate surface area is 138 Å². The molecule has 3 amide bonds. The molecule has 0 radical (unpaired) electrons. The van der Waals surface area contributed by atoms with Gasteiger partial charge in [0.1, 0.15) is 0 Å². The van der Waals surface area contributed by atoms with Crippen LogP contribution in [0.4, 0.5) is 4.79 Å². The molecule has 1 aliphatic rings. The van der Waals surface area contributed by atoms with Crippen molar-refractivity contribution in [3.63, 3.8) is 0 Å². The Hall–Kier alpha value is -2.04. The van der Waals surface area contributed by atoms with Crippen LogP contribution < -0.4 is 16.0 Å². The molecule has 1 aliphatic carbocycles. The fourth-order valence-electron chi connectivity index (χ4n) is 3.55. The lowest BCUT2D eigenvalue weighted by Crippen LogP contribution is -2.51. The smallest absolute Gasteiger partial charge is 0.315 e. The van der Waals surface area contributed by atoms with Crippen LogP contribution in [0, 0.1) is 0 Å². The van der Waals surface area contributed by atoms with Crippen LogP contribution in [0.1, 0.15) is 45.1 Å². The summed E-state index contributed by atoms with van der Waals surface area (Å²) < 4.78 is 0. The van der Waals surface area contributed by atoms with E-state index >= 15 is 0 Å². The van der Waals surface area contributed by atoms with Gasteiger partial charge >= 0.3 is 6.03 Å². The predicted octanol–water partition coefficient (Wildman–Crippen LogP) is 2.32. The molecule has 2 rings (SSSR count). The van der Waals surface area contributed by atoms with Crippen LogP contribution in [0.3, 0.4) is 0 Å². The lowest BCUT2D eigenvalue weighted by atomic mass is 9.73. The summed E-state index contributed by atoms with van der Waals surface area (Å²) in [4.78, 5) is 22.9. The summed E-state index contributed by atoms with van der Waals surface area (Å²) in [5.41, 5.74) is 1.33. The number of hydrogen-bond donors (Lipinski definition) is 3. The number of carbonyl (C=O) groups excluding carboxylic acids is 2.